The summed E-state index contributed by atoms with van der Waals surface area (Å²) in [5.74, 6) is 2.13. The molecule has 2 atom stereocenters. The summed E-state index contributed by atoms with van der Waals surface area (Å²) < 4.78 is 46.0. The SMILES string of the molecule is COc1ccc2nccc(CCC[C@@H]3CCN(CC#Cc4cc(F)cc(F)c4F)C[C@@H]3CC(=O)O)c2c1. The van der Waals surface area contributed by atoms with Crippen LogP contribution in [0.25, 0.3) is 10.9 Å². The number of nitrogens with zero attached hydrogens (tertiary/aromatic N) is 2. The van der Waals surface area contributed by atoms with E-state index in [9.17, 15) is 23.1 Å². The van der Waals surface area contributed by atoms with Crippen LogP contribution in [0.5, 0.6) is 5.75 Å². The van der Waals surface area contributed by atoms with Crippen molar-refractivity contribution in [3.05, 3.63) is 71.2 Å². The number of hydrogen-bond acceptors (Lipinski definition) is 4. The van der Waals surface area contributed by atoms with E-state index < -0.39 is 23.4 Å². The molecular formula is C29H29F3N2O3. The van der Waals surface area contributed by atoms with Gasteiger partial charge < -0.3 is 9.84 Å². The molecule has 3 aromatic rings. The normalized spacial score (nSPS) is 17.8. The summed E-state index contributed by atoms with van der Waals surface area (Å²) in [7, 11) is 1.64. The molecule has 0 spiro atoms. The topological polar surface area (TPSA) is 62.7 Å². The lowest BCUT2D eigenvalue weighted by Gasteiger charge is -2.37. The Balaban J connectivity index is 1.37. The number of aromatic nitrogens is 1. The second kappa shape index (κ2) is 12.1. The number of fused-ring (bicyclic) bond motifs is 1. The monoisotopic (exact) mass is 510 g/mol. The van der Waals surface area contributed by atoms with Gasteiger partial charge in [0.1, 0.15) is 11.6 Å². The van der Waals surface area contributed by atoms with Crippen LogP contribution in [-0.2, 0) is 11.2 Å². The number of methoxy groups -OCH3 is 1. The molecule has 0 saturated carbocycles. The molecule has 0 amide bonds. The molecule has 8 heteroatoms. The quantitative estimate of drug-likeness (QED) is 0.323. The van der Waals surface area contributed by atoms with E-state index in [4.69, 9.17) is 4.74 Å². The van der Waals surface area contributed by atoms with Crippen molar-refractivity contribution in [1.29, 1.82) is 0 Å². The fourth-order valence-corrected chi connectivity index (χ4v) is 5.11. The van der Waals surface area contributed by atoms with E-state index in [1.54, 1.807) is 13.3 Å². The molecule has 5 nitrogen and oxygen atoms in total. The molecule has 1 saturated heterocycles. The number of piperidine rings is 1. The molecule has 0 unspecified atom stereocenters. The Morgan fingerprint density at radius 1 is 1.19 bits per heavy atom. The fourth-order valence-electron chi connectivity index (χ4n) is 5.11. The number of benzene rings is 2. The Morgan fingerprint density at radius 2 is 2.03 bits per heavy atom. The molecule has 0 aliphatic carbocycles. The lowest BCUT2D eigenvalue weighted by molar-refractivity contribution is -0.139. The molecule has 0 radical (unpaired) electrons. The van der Waals surface area contributed by atoms with Gasteiger partial charge in [-0.25, -0.2) is 13.2 Å². The molecule has 0 bridgehead atoms. The number of pyridine rings is 1. The maximum absolute atomic E-state index is 13.8. The summed E-state index contributed by atoms with van der Waals surface area (Å²) in [5.41, 5.74) is 1.78. The smallest absolute Gasteiger partial charge is 0.303 e. The summed E-state index contributed by atoms with van der Waals surface area (Å²) in [4.78, 5) is 18.0. The largest absolute Gasteiger partial charge is 0.497 e. The Morgan fingerprint density at radius 3 is 2.81 bits per heavy atom. The molecule has 4 rings (SSSR count). The highest BCUT2D eigenvalue weighted by Gasteiger charge is 2.30. The van der Waals surface area contributed by atoms with Gasteiger partial charge in [-0.15, -0.1) is 0 Å². The van der Waals surface area contributed by atoms with E-state index in [1.807, 2.05) is 29.2 Å². The summed E-state index contributed by atoms with van der Waals surface area (Å²) in [6, 6.07) is 9.20. The lowest BCUT2D eigenvalue weighted by Crippen LogP contribution is -2.41. The van der Waals surface area contributed by atoms with Gasteiger partial charge in [0, 0.05) is 30.6 Å². The van der Waals surface area contributed by atoms with Crippen LogP contribution in [0.3, 0.4) is 0 Å². The van der Waals surface area contributed by atoms with Crippen LogP contribution in [0.2, 0.25) is 0 Å². The van der Waals surface area contributed by atoms with Gasteiger partial charge >= 0.3 is 5.97 Å². The van der Waals surface area contributed by atoms with E-state index in [0.717, 1.165) is 54.9 Å². The summed E-state index contributed by atoms with van der Waals surface area (Å²) in [6.45, 7) is 1.55. The zero-order chi connectivity index (χ0) is 26.4. The molecule has 194 valence electrons. The van der Waals surface area contributed by atoms with Gasteiger partial charge in [-0.2, -0.15) is 0 Å². The Kier molecular flexibility index (Phi) is 8.67. The Hall–Kier alpha value is -3.57. The molecule has 1 aromatic heterocycles. The Bertz CT molecular complexity index is 1340. The minimum absolute atomic E-state index is 0.0364. The van der Waals surface area contributed by atoms with Gasteiger partial charge in [-0.05, 0) is 80.0 Å². The number of aryl methyl sites for hydroxylation is 1. The molecule has 1 N–H and O–H groups in total. The number of ether oxygens (including phenoxy) is 1. The summed E-state index contributed by atoms with van der Waals surface area (Å²) >= 11 is 0. The van der Waals surface area contributed by atoms with Crippen LogP contribution < -0.4 is 4.74 Å². The first-order chi connectivity index (χ1) is 17.8. The lowest BCUT2D eigenvalue weighted by atomic mass is 9.80. The Labute approximate surface area is 214 Å². The number of rotatable bonds is 8. The number of carboxylic acids is 1. The van der Waals surface area contributed by atoms with E-state index >= 15 is 0 Å². The van der Waals surface area contributed by atoms with Gasteiger partial charge in [-0.1, -0.05) is 11.8 Å². The van der Waals surface area contributed by atoms with E-state index in [1.165, 1.54) is 5.56 Å². The van der Waals surface area contributed by atoms with Gasteiger partial charge in [0.25, 0.3) is 0 Å². The van der Waals surface area contributed by atoms with Crippen molar-refractivity contribution in [2.24, 2.45) is 11.8 Å². The van der Waals surface area contributed by atoms with Crippen LogP contribution in [-0.4, -0.2) is 47.7 Å². The van der Waals surface area contributed by atoms with Crippen molar-refractivity contribution in [1.82, 2.24) is 9.88 Å². The highest BCUT2D eigenvalue weighted by Crippen LogP contribution is 2.31. The van der Waals surface area contributed by atoms with Crippen LogP contribution in [0.1, 0.15) is 36.8 Å². The maximum Gasteiger partial charge on any atom is 0.303 e. The third kappa shape index (κ3) is 6.80. The zero-order valence-electron chi connectivity index (χ0n) is 20.6. The van der Waals surface area contributed by atoms with Gasteiger partial charge in [0.05, 0.1) is 24.7 Å². The first kappa shape index (κ1) is 26.5. The molecule has 37 heavy (non-hydrogen) atoms. The minimum Gasteiger partial charge on any atom is -0.497 e. The summed E-state index contributed by atoms with van der Waals surface area (Å²) in [5, 5.41) is 10.5. The van der Waals surface area contributed by atoms with Crippen molar-refractivity contribution in [3.63, 3.8) is 0 Å². The van der Waals surface area contributed by atoms with Crippen molar-refractivity contribution in [2.45, 2.75) is 32.1 Å². The predicted molar refractivity (Wildman–Crippen MR) is 135 cm³/mol. The maximum atomic E-state index is 13.8. The predicted octanol–water partition coefficient (Wildman–Crippen LogP) is 5.45. The van der Waals surface area contributed by atoms with Crippen LogP contribution >= 0.6 is 0 Å². The third-order valence-electron chi connectivity index (χ3n) is 6.99. The minimum atomic E-state index is -1.27. The van der Waals surface area contributed by atoms with E-state index in [-0.39, 0.29) is 30.4 Å². The average molecular weight is 511 g/mol. The molecule has 1 aliphatic heterocycles. The van der Waals surface area contributed by atoms with Gasteiger partial charge in [0.2, 0.25) is 0 Å². The van der Waals surface area contributed by atoms with Crippen LogP contribution in [0.15, 0.2) is 42.6 Å². The second-order valence-corrected chi connectivity index (χ2v) is 9.44. The van der Waals surface area contributed by atoms with Crippen molar-refractivity contribution < 1.29 is 27.8 Å². The number of aliphatic carboxylic acids is 1. The van der Waals surface area contributed by atoms with Gasteiger partial charge in [0.15, 0.2) is 11.6 Å². The number of carbonyl (C=O) groups is 1. The number of halogens is 3. The van der Waals surface area contributed by atoms with Gasteiger partial charge in [-0.3, -0.25) is 14.7 Å². The molecule has 1 aliphatic rings. The van der Waals surface area contributed by atoms with E-state index in [2.05, 4.69) is 16.8 Å². The number of likely N-dealkylation sites (tertiary alicyclic amines) is 1. The molecule has 2 heterocycles. The molecule has 2 aromatic carbocycles. The van der Waals surface area contributed by atoms with Crippen LogP contribution in [0, 0.1) is 41.1 Å². The average Bonchev–Trinajstić information content (AvgIpc) is 2.87. The molecule has 1 fully saturated rings. The number of carboxylic acid groups (broad SMARTS) is 1. The van der Waals surface area contributed by atoms with Crippen molar-refractivity contribution >= 4 is 16.9 Å². The number of hydrogen-bond donors (Lipinski definition) is 1. The van der Waals surface area contributed by atoms with E-state index in [0.29, 0.717) is 12.6 Å². The van der Waals surface area contributed by atoms with Crippen LogP contribution in [0.4, 0.5) is 13.2 Å². The third-order valence-corrected chi connectivity index (χ3v) is 6.99. The van der Waals surface area contributed by atoms with Crippen molar-refractivity contribution in [3.8, 4) is 17.6 Å². The molecular weight excluding hydrogens is 481 g/mol. The van der Waals surface area contributed by atoms with Crippen molar-refractivity contribution in [2.75, 3.05) is 26.7 Å². The first-order valence-electron chi connectivity index (χ1n) is 12.3. The second-order valence-electron chi connectivity index (χ2n) is 9.44. The highest BCUT2D eigenvalue weighted by atomic mass is 19.2. The standard InChI is InChI=1S/C29H29F3N2O3/c1-37-24-7-8-27-25(17-24)20(9-11-33-27)5-2-4-19-10-13-34(18-22(19)15-28(35)36)12-3-6-21-14-23(30)16-26(31)29(21)32/h7-9,11,14,16-17,19,22H,2,4-5,10,12-13,15,18H2,1H3,(H,35,36)/t19-,22+/m1/s1. The first-order valence-corrected chi connectivity index (χ1v) is 12.3. The summed E-state index contributed by atoms with van der Waals surface area (Å²) in [6.07, 6.45) is 5.37. The fraction of sp³-hybridized carbons (Fsp3) is 0.379. The highest BCUT2D eigenvalue weighted by molar-refractivity contribution is 5.83. The zero-order valence-corrected chi connectivity index (χ0v) is 20.6.